The summed E-state index contributed by atoms with van der Waals surface area (Å²) in [6.07, 6.45) is 3.62. The van der Waals surface area contributed by atoms with Gasteiger partial charge in [0.05, 0.1) is 5.02 Å². The molecule has 0 unspecified atom stereocenters. The SMILES string of the molecule is CNC(=O)c1ccc(NC(=O)c2ccc(Cl)c(S(=O)(=O)N3CCCCCC3)c2)cc1. The van der Waals surface area contributed by atoms with Crippen LogP contribution in [-0.2, 0) is 10.0 Å². The summed E-state index contributed by atoms with van der Waals surface area (Å²) in [4.78, 5) is 24.2. The summed E-state index contributed by atoms with van der Waals surface area (Å²) in [5, 5.41) is 5.32. The summed E-state index contributed by atoms with van der Waals surface area (Å²) in [6, 6.07) is 10.6. The normalized spacial score (nSPS) is 15.3. The summed E-state index contributed by atoms with van der Waals surface area (Å²) >= 11 is 6.19. The summed E-state index contributed by atoms with van der Waals surface area (Å²) in [7, 11) is -2.25. The molecule has 0 aliphatic carbocycles. The van der Waals surface area contributed by atoms with Crippen molar-refractivity contribution in [3.63, 3.8) is 0 Å². The third-order valence-electron chi connectivity index (χ3n) is 5.01. The molecule has 0 saturated carbocycles. The molecule has 0 radical (unpaired) electrons. The zero-order valence-corrected chi connectivity index (χ0v) is 18.2. The molecule has 0 aromatic heterocycles. The Bertz CT molecular complexity index is 1030. The first-order chi connectivity index (χ1) is 14.3. The minimum absolute atomic E-state index is 0.0614. The van der Waals surface area contributed by atoms with E-state index < -0.39 is 15.9 Å². The topological polar surface area (TPSA) is 95.6 Å². The summed E-state index contributed by atoms with van der Waals surface area (Å²) in [6.45, 7) is 0.902. The van der Waals surface area contributed by atoms with Gasteiger partial charge in [-0.3, -0.25) is 9.59 Å². The lowest BCUT2D eigenvalue weighted by Gasteiger charge is -2.21. The first-order valence-corrected chi connectivity index (χ1v) is 11.6. The number of halogens is 1. The average molecular weight is 450 g/mol. The number of sulfonamides is 1. The van der Waals surface area contributed by atoms with Crippen molar-refractivity contribution in [2.24, 2.45) is 0 Å². The van der Waals surface area contributed by atoms with Crippen LogP contribution in [0.5, 0.6) is 0 Å². The van der Waals surface area contributed by atoms with Crippen LogP contribution in [0.15, 0.2) is 47.4 Å². The zero-order valence-electron chi connectivity index (χ0n) is 16.7. The van der Waals surface area contributed by atoms with Gasteiger partial charge < -0.3 is 10.6 Å². The Hall–Kier alpha value is -2.42. The molecule has 30 heavy (non-hydrogen) atoms. The monoisotopic (exact) mass is 449 g/mol. The maximum Gasteiger partial charge on any atom is 0.255 e. The van der Waals surface area contributed by atoms with Crippen molar-refractivity contribution in [2.45, 2.75) is 30.6 Å². The molecule has 2 aromatic carbocycles. The van der Waals surface area contributed by atoms with E-state index >= 15 is 0 Å². The molecule has 2 N–H and O–H groups in total. The van der Waals surface area contributed by atoms with E-state index in [2.05, 4.69) is 10.6 Å². The smallest absolute Gasteiger partial charge is 0.255 e. The van der Waals surface area contributed by atoms with Crippen LogP contribution in [0.4, 0.5) is 5.69 Å². The molecule has 1 aliphatic rings. The van der Waals surface area contributed by atoms with Gasteiger partial charge >= 0.3 is 0 Å². The lowest BCUT2D eigenvalue weighted by molar-refractivity contribution is 0.0962. The van der Waals surface area contributed by atoms with Gasteiger partial charge in [0, 0.05) is 37.0 Å². The van der Waals surface area contributed by atoms with E-state index in [1.54, 1.807) is 24.3 Å². The summed E-state index contributed by atoms with van der Waals surface area (Å²) < 4.78 is 27.6. The fourth-order valence-electron chi connectivity index (χ4n) is 3.32. The van der Waals surface area contributed by atoms with Crippen LogP contribution >= 0.6 is 11.6 Å². The minimum atomic E-state index is -3.79. The Morgan fingerprint density at radius 1 is 0.900 bits per heavy atom. The molecule has 160 valence electrons. The minimum Gasteiger partial charge on any atom is -0.355 e. The first-order valence-electron chi connectivity index (χ1n) is 9.76. The number of hydrogen-bond donors (Lipinski definition) is 2. The third-order valence-corrected chi connectivity index (χ3v) is 7.39. The van der Waals surface area contributed by atoms with E-state index in [1.165, 1.54) is 29.6 Å². The second-order valence-corrected chi connectivity index (χ2v) is 9.39. The highest BCUT2D eigenvalue weighted by Crippen LogP contribution is 2.28. The van der Waals surface area contributed by atoms with E-state index in [1.807, 2.05) is 0 Å². The number of benzene rings is 2. The number of rotatable bonds is 5. The molecular weight excluding hydrogens is 426 g/mol. The molecule has 3 rings (SSSR count). The lowest BCUT2D eigenvalue weighted by Crippen LogP contribution is -2.32. The number of hydrogen-bond acceptors (Lipinski definition) is 4. The first kappa shape index (κ1) is 22.3. The van der Waals surface area contributed by atoms with Gasteiger partial charge in [0.25, 0.3) is 11.8 Å². The Balaban J connectivity index is 1.81. The lowest BCUT2D eigenvalue weighted by atomic mass is 10.1. The highest BCUT2D eigenvalue weighted by molar-refractivity contribution is 7.89. The van der Waals surface area contributed by atoms with Crippen molar-refractivity contribution in [1.29, 1.82) is 0 Å². The Labute approximate surface area is 181 Å². The fourth-order valence-corrected chi connectivity index (χ4v) is 5.33. The van der Waals surface area contributed by atoms with E-state index in [4.69, 9.17) is 11.6 Å². The maximum absolute atomic E-state index is 13.1. The highest BCUT2D eigenvalue weighted by Gasteiger charge is 2.28. The van der Waals surface area contributed by atoms with Crippen molar-refractivity contribution >= 4 is 39.1 Å². The van der Waals surface area contributed by atoms with Crippen molar-refractivity contribution in [2.75, 3.05) is 25.5 Å². The van der Waals surface area contributed by atoms with Gasteiger partial charge in [-0.1, -0.05) is 24.4 Å². The molecule has 1 heterocycles. The molecule has 9 heteroatoms. The molecule has 1 fully saturated rings. The molecule has 2 aromatic rings. The molecule has 0 spiro atoms. The Morgan fingerprint density at radius 2 is 1.50 bits per heavy atom. The Morgan fingerprint density at radius 3 is 2.10 bits per heavy atom. The van der Waals surface area contributed by atoms with Crippen LogP contribution in [0.2, 0.25) is 5.02 Å². The second kappa shape index (κ2) is 9.59. The van der Waals surface area contributed by atoms with Crippen LogP contribution in [0.1, 0.15) is 46.4 Å². The fraction of sp³-hybridized carbons (Fsp3) is 0.333. The predicted molar refractivity (Wildman–Crippen MR) is 116 cm³/mol. The van der Waals surface area contributed by atoms with Crippen LogP contribution < -0.4 is 10.6 Å². The number of amides is 2. The van der Waals surface area contributed by atoms with Crippen LogP contribution in [0, 0.1) is 0 Å². The van der Waals surface area contributed by atoms with Crippen LogP contribution in [0.25, 0.3) is 0 Å². The van der Waals surface area contributed by atoms with Crippen LogP contribution in [0.3, 0.4) is 0 Å². The summed E-state index contributed by atoms with van der Waals surface area (Å²) in [5.74, 6) is -0.694. The second-order valence-electron chi connectivity index (χ2n) is 7.07. The van der Waals surface area contributed by atoms with E-state index in [-0.39, 0.29) is 21.4 Å². The number of carbonyl (C=O) groups excluding carboxylic acids is 2. The quantitative estimate of drug-likeness (QED) is 0.730. The molecule has 0 bridgehead atoms. The van der Waals surface area contributed by atoms with Gasteiger partial charge in [0.2, 0.25) is 10.0 Å². The highest BCUT2D eigenvalue weighted by atomic mass is 35.5. The van der Waals surface area contributed by atoms with Crippen molar-refractivity contribution in [3.05, 3.63) is 58.6 Å². The number of anilines is 1. The van der Waals surface area contributed by atoms with E-state index in [0.717, 1.165) is 25.7 Å². The molecule has 7 nitrogen and oxygen atoms in total. The number of nitrogens with one attached hydrogen (secondary N) is 2. The maximum atomic E-state index is 13.1. The molecule has 0 atom stereocenters. The molecule has 1 saturated heterocycles. The van der Waals surface area contributed by atoms with Crippen LogP contribution in [-0.4, -0.2) is 44.7 Å². The van der Waals surface area contributed by atoms with Gasteiger partial charge in [-0.15, -0.1) is 0 Å². The van der Waals surface area contributed by atoms with Crippen molar-refractivity contribution < 1.29 is 18.0 Å². The van der Waals surface area contributed by atoms with Gasteiger partial charge in [0.1, 0.15) is 4.90 Å². The van der Waals surface area contributed by atoms with Gasteiger partial charge in [-0.25, -0.2) is 8.42 Å². The molecular formula is C21H24ClN3O4S. The average Bonchev–Trinajstić information content (AvgIpc) is 3.04. The molecule has 1 aliphatic heterocycles. The van der Waals surface area contributed by atoms with Crippen molar-refractivity contribution in [1.82, 2.24) is 9.62 Å². The van der Waals surface area contributed by atoms with Gasteiger partial charge in [-0.2, -0.15) is 4.31 Å². The van der Waals surface area contributed by atoms with Crippen molar-refractivity contribution in [3.8, 4) is 0 Å². The Kier molecular flexibility index (Phi) is 7.12. The largest absolute Gasteiger partial charge is 0.355 e. The number of nitrogens with zero attached hydrogens (tertiary/aromatic N) is 1. The summed E-state index contributed by atoms with van der Waals surface area (Å²) in [5.41, 5.74) is 1.13. The number of carbonyl (C=O) groups is 2. The zero-order chi connectivity index (χ0) is 21.7. The predicted octanol–water partition coefficient (Wildman–Crippen LogP) is 3.52. The molecule has 2 amide bonds. The third kappa shape index (κ3) is 5.00. The van der Waals surface area contributed by atoms with E-state index in [9.17, 15) is 18.0 Å². The van der Waals surface area contributed by atoms with Gasteiger partial charge in [0.15, 0.2) is 0 Å². The van der Waals surface area contributed by atoms with Gasteiger partial charge in [-0.05, 0) is 55.3 Å². The standard InChI is InChI=1S/C21H24ClN3O4S/c1-23-20(26)15-6-9-17(10-7-15)24-21(27)16-8-11-18(22)19(14-16)30(28,29)25-12-4-2-3-5-13-25/h6-11,14H,2-5,12-13H2,1H3,(H,23,26)(H,24,27). The van der Waals surface area contributed by atoms with E-state index in [0.29, 0.717) is 24.3 Å².